The topological polar surface area (TPSA) is 76.0 Å². The van der Waals surface area contributed by atoms with Gasteiger partial charge in [0.15, 0.2) is 11.5 Å². The third-order valence-electron chi connectivity index (χ3n) is 6.60. The first-order valence-corrected chi connectivity index (χ1v) is 12.3. The molecule has 2 aromatic rings. The number of halogens is 2. The van der Waals surface area contributed by atoms with Crippen molar-refractivity contribution in [2.75, 3.05) is 26.2 Å². The predicted octanol–water partition coefficient (Wildman–Crippen LogP) is 5.92. The van der Waals surface area contributed by atoms with E-state index >= 15 is 0 Å². The van der Waals surface area contributed by atoms with Crippen molar-refractivity contribution in [3.05, 3.63) is 53.1 Å². The molecule has 0 amide bonds. The van der Waals surface area contributed by atoms with Gasteiger partial charge in [0.25, 0.3) is 0 Å². The molecule has 0 spiro atoms. The maximum atomic E-state index is 9.87. The van der Waals surface area contributed by atoms with Gasteiger partial charge in [0.1, 0.15) is 5.75 Å². The molecule has 34 heavy (non-hydrogen) atoms. The summed E-state index contributed by atoms with van der Waals surface area (Å²) in [6.45, 7) is 6.56. The number of aryl methyl sites for hydroxylation is 1. The molecule has 0 aliphatic heterocycles. The summed E-state index contributed by atoms with van der Waals surface area (Å²) in [4.78, 5) is 2.64. The van der Waals surface area contributed by atoms with E-state index in [9.17, 15) is 15.3 Å². The van der Waals surface area contributed by atoms with Crippen LogP contribution in [0.2, 0.25) is 0 Å². The maximum Gasteiger partial charge on any atom is 0.157 e. The first-order chi connectivity index (χ1) is 15.6. The molecule has 192 valence electrons. The number of rotatable bonds is 13. The molecule has 0 fully saturated rings. The molecule has 1 aliphatic carbocycles. The van der Waals surface area contributed by atoms with E-state index in [-0.39, 0.29) is 45.5 Å². The monoisotopic (exact) mass is 600 g/mol. The number of phenolic OH excluding ortho intramolecular Hbond substituents is 3. The second kappa shape index (κ2) is 16.4. The van der Waals surface area contributed by atoms with Gasteiger partial charge in [-0.15, -0.1) is 34.0 Å². The number of nitrogens with zero attached hydrogens (tertiary/aromatic N) is 1. The van der Waals surface area contributed by atoms with Crippen molar-refractivity contribution in [2.24, 2.45) is 0 Å². The van der Waals surface area contributed by atoms with E-state index in [4.69, 9.17) is 0 Å². The minimum Gasteiger partial charge on any atom is -0.508 e. The zero-order valence-corrected chi connectivity index (χ0v) is 23.8. The van der Waals surface area contributed by atoms with E-state index in [1.54, 1.807) is 24.3 Å². The van der Waals surface area contributed by atoms with Crippen LogP contribution in [0, 0.1) is 0 Å². The molecular weight excluding hydrogens is 560 g/mol. The summed E-state index contributed by atoms with van der Waals surface area (Å²) < 4.78 is 0. The van der Waals surface area contributed by atoms with Crippen molar-refractivity contribution in [1.82, 2.24) is 10.2 Å². The number of hydrogen-bond donors (Lipinski definition) is 4. The molecule has 1 atom stereocenters. The highest BCUT2D eigenvalue weighted by molar-refractivity contribution is 8.93. The smallest absolute Gasteiger partial charge is 0.157 e. The Bertz CT molecular complexity index is 833. The normalized spacial score (nSPS) is 14.8. The van der Waals surface area contributed by atoms with Gasteiger partial charge in [-0.1, -0.05) is 31.9 Å². The van der Waals surface area contributed by atoms with Gasteiger partial charge in [-0.3, -0.25) is 0 Å². The number of fused-ring (bicyclic) bond motifs is 1. The van der Waals surface area contributed by atoms with Gasteiger partial charge in [0, 0.05) is 6.04 Å². The van der Waals surface area contributed by atoms with Crippen molar-refractivity contribution in [3.8, 4) is 17.2 Å². The molecular formula is C27H42Br2N2O3. The van der Waals surface area contributed by atoms with E-state index in [1.807, 2.05) is 12.1 Å². The highest BCUT2D eigenvalue weighted by atomic mass is 79.9. The highest BCUT2D eigenvalue weighted by Crippen LogP contribution is 2.33. The van der Waals surface area contributed by atoms with E-state index in [1.165, 1.54) is 42.4 Å². The van der Waals surface area contributed by atoms with Crippen molar-refractivity contribution >= 4 is 34.0 Å². The van der Waals surface area contributed by atoms with Gasteiger partial charge in [0.2, 0.25) is 0 Å². The summed E-state index contributed by atoms with van der Waals surface area (Å²) >= 11 is 0. The average molecular weight is 602 g/mol. The molecule has 0 bridgehead atoms. The van der Waals surface area contributed by atoms with E-state index in [0.29, 0.717) is 11.8 Å². The van der Waals surface area contributed by atoms with Gasteiger partial charge in [-0.25, -0.2) is 0 Å². The second-order valence-corrected chi connectivity index (χ2v) is 9.12. The molecule has 0 radical (unpaired) electrons. The molecule has 3 rings (SSSR count). The first kappa shape index (κ1) is 30.8. The van der Waals surface area contributed by atoms with E-state index < -0.39 is 0 Å². The summed E-state index contributed by atoms with van der Waals surface area (Å²) in [5.74, 6) is 0.331. The van der Waals surface area contributed by atoms with E-state index in [2.05, 4.69) is 17.1 Å². The van der Waals surface area contributed by atoms with Gasteiger partial charge in [0.05, 0.1) is 0 Å². The molecule has 0 saturated heterocycles. The molecule has 4 N–H and O–H groups in total. The second-order valence-electron chi connectivity index (χ2n) is 9.12. The lowest BCUT2D eigenvalue weighted by Crippen LogP contribution is -2.40. The van der Waals surface area contributed by atoms with Gasteiger partial charge in [-0.05, 0) is 112 Å². The molecule has 1 aliphatic rings. The number of aromatic hydroxyl groups is 3. The van der Waals surface area contributed by atoms with Crippen LogP contribution in [0.15, 0.2) is 36.4 Å². The fourth-order valence-corrected chi connectivity index (χ4v) is 4.78. The largest absolute Gasteiger partial charge is 0.508 e. The summed E-state index contributed by atoms with van der Waals surface area (Å²) in [5, 5.41) is 32.5. The zero-order valence-electron chi connectivity index (χ0n) is 20.3. The quantitative estimate of drug-likeness (QED) is 0.169. The van der Waals surface area contributed by atoms with Crippen LogP contribution < -0.4 is 5.32 Å². The molecule has 1 unspecified atom stereocenters. The summed E-state index contributed by atoms with van der Waals surface area (Å²) in [6, 6.07) is 11.5. The maximum absolute atomic E-state index is 9.87. The minimum atomic E-state index is 0. The van der Waals surface area contributed by atoms with Crippen LogP contribution in [0.4, 0.5) is 0 Å². The molecule has 0 saturated carbocycles. The average Bonchev–Trinajstić information content (AvgIpc) is 2.79. The standard InChI is InChI=1S/C27H40N2O3.2BrH/c1-2-16-29(24-10-9-22-19-26(31)27(32)20-23(22)18-24)17-6-4-3-5-14-28-15-13-21-7-11-25(30)12-8-21;;/h7-8,11-12,19-20,24,28,30-32H,2-6,9-10,13-18H2,1H3;2*1H. The van der Waals surface area contributed by atoms with Crippen molar-refractivity contribution in [3.63, 3.8) is 0 Å². The Morgan fingerprint density at radius 1 is 0.853 bits per heavy atom. The summed E-state index contributed by atoms with van der Waals surface area (Å²) in [5.41, 5.74) is 3.63. The fourth-order valence-electron chi connectivity index (χ4n) is 4.78. The Morgan fingerprint density at radius 2 is 1.53 bits per heavy atom. The lowest BCUT2D eigenvalue weighted by atomic mass is 9.87. The van der Waals surface area contributed by atoms with Crippen molar-refractivity contribution in [2.45, 2.75) is 70.8 Å². The molecule has 0 aromatic heterocycles. The molecule has 2 aromatic carbocycles. The Labute approximate surface area is 226 Å². The summed E-state index contributed by atoms with van der Waals surface area (Å²) in [7, 11) is 0. The zero-order chi connectivity index (χ0) is 22.8. The van der Waals surface area contributed by atoms with Crippen LogP contribution in [-0.4, -0.2) is 52.4 Å². The fraction of sp³-hybridized carbons (Fsp3) is 0.556. The Balaban J connectivity index is 0.00000289. The number of nitrogens with one attached hydrogen (secondary N) is 1. The Kier molecular flexibility index (Phi) is 14.8. The highest BCUT2D eigenvalue weighted by Gasteiger charge is 2.24. The van der Waals surface area contributed by atoms with Gasteiger partial charge >= 0.3 is 0 Å². The van der Waals surface area contributed by atoms with E-state index in [0.717, 1.165) is 58.3 Å². The van der Waals surface area contributed by atoms with Gasteiger partial charge < -0.3 is 25.5 Å². The minimum absolute atomic E-state index is 0. The number of hydrogen-bond acceptors (Lipinski definition) is 5. The SMILES string of the molecule is Br.Br.CCCN(CCCCCCNCCc1ccc(O)cc1)C1CCc2cc(O)c(O)cc2C1. The van der Waals surface area contributed by atoms with Crippen LogP contribution >= 0.6 is 34.0 Å². The predicted molar refractivity (Wildman–Crippen MR) is 151 cm³/mol. The van der Waals surface area contributed by atoms with Crippen LogP contribution in [-0.2, 0) is 19.3 Å². The van der Waals surface area contributed by atoms with Crippen LogP contribution in [0.25, 0.3) is 0 Å². The van der Waals surface area contributed by atoms with Crippen molar-refractivity contribution in [1.29, 1.82) is 0 Å². The van der Waals surface area contributed by atoms with Crippen LogP contribution in [0.3, 0.4) is 0 Å². The third kappa shape index (κ3) is 9.76. The Hall–Kier alpha value is -1.28. The lowest BCUT2D eigenvalue weighted by Gasteiger charge is -2.35. The first-order valence-electron chi connectivity index (χ1n) is 12.3. The lowest BCUT2D eigenvalue weighted by molar-refractivity contribution is 0.176. The summed E-state index contributed by atoms with van der Waals surface area (Å²) in [6.07, 6.45) is 10.2. The third-order valence-corrected chi connectivity index (χ3v) is 6.60. The number of phenols is 3. The number of unbranched alkanes of at least 4 members (excludes halogenated alkanes) is 3. The van der Waals surface area contributed by atoms with Gasteiger partial charge in [-0.2, -0.15) is 0 Å². The van der Waals surface area contributed by atoms with Crippen LogP contribution in [0.5, 0.6) is 17.2 Å². The van der Waals surface area contributed by atoms with Crippen LogP contribution in [0.1, 0.15) is 62.1 Å². The molecule has 5 nitrogen and oxygen atoms in total. The molecule has 0 heterocycles. The number of benzene rings is 2. The van der Waals surface area contributed by atoms with Crippen molar-refractivity contribution < 1.29 is 15.3 Å². The molecule has 7 heteroatoms. The Morgan fingerprint density at radius 3 is 2.24 bits per heavy atom.